The molecule has 3 aromatic carbocycles. The number of amides is 2. The van der Waals surface area contributed by atoms with Crippen molar-refractivity contribution in [3.8, 4) is 11.1 Å². The van der Waals surface area contributed by atoms with E-state index in [1.165, 1.54) is 0 Å². The molecule has 0 unspecified atom stereocenters. The summed E-state index contributed by atoms with van der Waals surface area (Å²) in [6.07, 6.45) is -0.440. The zero-order valence-corrected chi connectivity index (χ0v) is 19.5. The van der Waals surface area contributed by atoms with Crippen LogP contribution in [0.5, 0.6) is 0 Å². The van der Waals surface area contributed by atoms with Crippen LogP contribution in [-0.4, -0.2) is 38.8 Å². The Morgan fingerprint density at radius 3 is 2.03 bits per heavy atom. The average Bonchev–Trinajstić information content (AvgIpc) is 3.11. The van der Waals surface area contributed by atoms with Crippen molar-refractivity contribution in [3.63, 3.8) is 0 Å². The Bertz CT molecular complexity index is 1250. The van der Waals surface area contributed by atoms with Gasteiger partial charge >= 0.3 is 6.09 Å². The van der Waals surface area contributed by atoms with Crippen molar-refractivity contribution >= 4 is 22.0 Å². The maximum absolute atomic E-state index is 12.7. The fourth-order valence-electron chi connectivity index (χ4n) is 4.38. The maximum atomic E-state index is 12.7. The van der Waals surface area contributed by atoms with Crippen LogP contribution in [0.1, 0.15) is 29.5 Å². The van der Waals surface area contributed by atoms with E-state index in [-0.39, 0.29) is 18.9 Å². The minimum atomic E-state index is -3.93. The molecular formula is C26H26N2O5S. The minimum Gasteiger partial charge on any atom is -0.449 e. The number of rotatable bonds is 8. The molecule has 1 atom stereocenters. The number of alkyl carbamates (subject to hydrolysis) is 1. The monoisotopic (exact) mass is 478 g/mol. The second kappa shape index (κ2) is 10.1. The molecule has 0 bridgehead atoms. The van der Waals surface area contributed by atoms with Gasteiger partial charge in [-0.3, -0.25) is 9.52 Å². The molecular weight excluding hydrogens is 452 g/mol. The summed E-state index contributed by atoms with van der Waals surface area (Å²) in [6, 6.07) is 24.5. The number of nitrogens with one attached hydrogen (secondary N) is 2. The predicted octanol–water partition coefficient (Wildman–Crippen LogP) is 3.60. The van der Waals surface area contributed by atoms with Gasteiger partial charge in [0, 0.05) is 12.8 Å². The van der Waals surface area contributed by atoms with Crippen molar-refractivity contribution < 1.29 is 22.7 Å². The van der Waals surface area contributed by atoms with Gasteiger partial charge in [-0.1, -0.05) is 78.9 Å². The second-order valence-corrected chi connectivity index (χ2v) is 10.1. The molecule has 0 aliphatic heterocycles. The quantitative estimate of drug-likeness (QED) is 0.515. The number of fused-ring (bicyclic) bond motifs is 3. The van der Waals surface area contributed by atoms with E-state index in [1.54, 1.807) is 0 Å². The molecule has 0 saturated carbocycles. The number of carbonyl (C=O) groups excluding carboxylic acids is 2. The van der Waals surface area contributed by atoms with Gasteiger partial charge in [0.1, 0.15) is 6.61 Å². The maximum Gasteiger partial charge on any atom is 0.407 e. The molecule has 176 valence electrons. The summed E-state index contributed by atoms with van der Waals surface area (Å²) in [4.78, 5) is 24.0. The lowest BCUT2D eigenvalue weighted by molar-refractivity contribution is -0.117. The van der Waals surface area contributed by atoms with E-state index in [2.05, 4.69) is 17.4 Å². The third-order valence-corrected chi connectivity index (χ3v) is 7.15. The normalized spacial score (nSPS) is 13.4. The molecule has 1 aliphatic rings. The Labute approximate surface area is 199 Å². The van der Waals surface area contributed by atoms with Crippen LogP contribution in [0.3, 0.4) is 0 Å². The van der Waals surface area contributed by atoms with E-state index < -0.39 is 33.8 Å². The van der Waals surface area contributed by atoms with E-state index in [4.69, 9.17) is 4.74 Å². The number of carbonyl (C=O) groups is 2. The van der Waals surface area contributed by atoms with Crippen molar-refractivity contribution in [1.29, 1.82) is 0 Å². The summed E-state index contributed by atoms with van der Waals surface area (Å²) >= 11 is 0. The van der Waals surface area contributed by atoms with Gasteiger partial charge in [0.2, 0.25) is 15.9 Å². The SMILES string of the molecule is CC(=O)NS(=O)(=O)C[C@H](Cc1ccccc1)NC(=O)OCC1c2ccccc2-c2ccccc21. The first-order chi connectivity index (χ1) is 16.3. The summed E-state index contributed by atoms with van der Waals surface area (Å²) in [6.45, 7) is 1.25. The lowest BCUT2D eigenvalue weighted by Gasteiger charge is -2.20. The zero-order valence-electron chi connectivity index (χ0n) is 18.7. The Kier molecular flexibility index (Phi) is 6.98. The highest BCUT2D eigenvalue weighted by molar-refractivity contribution is 7.90. The van der Waals surface area contributed by atoms with Crippen LogP contribution >= 0.6 is 0 Å². The molecule has 2 amide bonds. The Hall–Kier alpha value is -3.65. The van der Waals surface area contributed by atoms with Gasteiger partial charge in [-0.05, 0) is 34.2 Å². The predicted molar refractivity (Wildman–Crippen MR) is 130 cm³/mol. The third-order valence-electron chi connectivity index (χ3n) is 5.71. The lowest BCUT2D eigenvalue weighted by atomic mass is 9.98. The van der Waals surface area contributed by atoms with Gasteiger partial charge in [0.15, 0.2) is 0 Å². The van der Waals surface area contributed by atoms with Crippen LogP contribution < -0.4 is 10.0 Å². The molecule has 0 fully saturated rings. The summed E-state index contributed by atoms with van der Waals surface area (Å²) in [7, 11) is -3.93. The highest BCUT2D eigenvalue weighted by atomic mass is 32.2. The van der Waals surface area contributed by atoms with E-state index in [1.807, 2.05) is 71.5 Å². The molecule has 0 aromatic heterocycles. The fraction of sp³-hybridized carbons (Fsp3) is 0.231. The fourth-order valence-corrected chi connectivity index (χ4v) is 5.63. The molecule has 0 saturated heterocycles. The van der Waals surface area contributed by atoms with Gasteiger partial charge in [-0.2, -0.15) is 0 Å². The number of ether oxygens (including phenoxy) is 1. The van der Waals surface area contributed by atoms with Crippen molar-refractivity contribution in [1.82, 2.24) is 10.0 Å². The van der Waals surface area contributed by atoms with Gasteiger partial charge in [0.25, 0.3) is 0 Å². The molecule has 34 heavy (non-hydrogen) atoms. The highest BCUT2D eigenvalue weighted by Crippen LogP contribution is 2.44. The number of benzene rings is 3. The smallest absolute Gasteiger partial charge is 0.407 e. The zero-order chi connectivity index (χ0) is 24.1. The molecule has 3 aromatic rings. The summed E-state index contributed by atoms with van der Waals surface area (Å²) in [5.41, 5.74) is 5.27. The van der Waals surface area contributed by atoms with Gasteiger partial charge < -0.3 is 10.1 Å². The first kappa shape index (κ1) is 23.5. The van der Waals surface area contributed by atoms with E-state index >= 15 is 0 Å². The second-order valence-electron chi connectivity index (χ2n) is 8.30. The first-order valence-corrected chi connectivity index (χ1v) is 12.6. The van der Waals surface area contributed by atoms with Crippen molar-refractivity contribution in [2.24, 2.45) is 0 Å². The number of sulfonamides is 1. The molecule has 7 nitrogen and oxygen atoms in total. The van der Waals surface area contributed by atoms with Crippen molar-refractivity contribution in [2.75, 3.05) is 12.4 Å². The van der Waals surface area contributed by atoms with E-state index in [0.717, 1.165) is 34.7 Å². The standard InChI is InChI=1S/C26H26N2O5S/c1-18(29)28-34(31,32)17-20(15-19-9-3-2-4-10-19)27-26(30)33-16-25-23-13-7-5-11-21(23)22-12-6-8-14-24(22)25/h2-14,20,25H,15-17H2,1H3,(H,27,30)(H,28,29)/t20-/m0/s1. The molecule has 1 aliphatic carbocycles. The Balaban J connectivity index is 1.46. The Morgan fingerprint density at radius 1 is 0.882 bits per heavy atom. The van der Waals surface area contributed by atoms with Crippen molar-refractivity contribution in [2.45, 2.75) is 25.3 Å². The average molecular weight is 479 g/mol. The van der Waals surface area contributed by atoms with Crippen molar-refractivity contribution in [3.05, 3.63) is 95.6 Å². The number of hydrogen-bond donors (Lipinski definition) is 2. The van der Waals surface area contributed by atoms with E-state index in [0.29, 0.717) is 0 Å². The molecule has 8 heteroatoms. The van der Waals surface area contributed by atoms with Crippen LogP contribution in [0.4, 0.5) is 4.79 Å². The largest absolute Gasteiger partial charge is 0.449 e. The highest BCUT2D eigenvalue weighted by Gasteiger charge is 2.29. The van der Waals surface area contributed by atoms with Gasteiger partial charge in [0.05, 0.1) is 11.8 Å². The molecule has 2 N–H and O–H groups in total. The van der Waals surface area contributed by atoms with Crippen LogP contribution in [-0.2, 0) is 26.0 Å². The number of hydrogen-bond acceptors (Lipinski definition) is 5. The van der Waals surface area contributed by atoms with Crippen LogP contribution in [0.25, 0.3) is 11.1 Å². The molecule has 4 rings (SSSR count). The molecule has 0 heterocycles. The van der Waals surface area contributed by atoms with Crippen LogP contribution in [0.2, 0.25) is 0 Å². The minimum absolute atomic E-state index is 0.103. The van der Waals surface area contributed by atoms with Gasteiger partial charge in [-0.15, -0.1) is 0 Å². The third kappa shape index (κ3) is 5.63. The van der Waals surface area contributed by atoms with Crippen LogP contribution in [0, 0.1) is 0 Å². The molecule has 0 spiro atoms. The first-order valence-electron chi connectivity index (χ1n) is 11.0. The molecule has 0 radical (unpaired) electrons. The topological polar surface area (TPSA) is 102 Å². The summed E-state index contributed by atoms with van der Waals surface area (Å²) < 4.78 is 32.2. The Morgan fingerprint density at radius 2 is 1.44 bits per heavy atom. The van der Waals surface area contributed by atoms with Gasteiger partial charge in [-0.25, -0.2) is 13.2 Å². The van der Waals surface area contributed by atoms with Crippen LogP contribution in [0.15, 0.2) is 78.9 Å². The lowest BCUT2D eigenvalue weighted by Crippen LogP contribution is -2.45. The summed E-state index contributed by atoms with van der Waals surface area (Å²) in [5.74, 6) is -1.24. The summed E-state index contributed by atoms with van der Waals surface area (Å²) in [5, 5.41) is 2.68. The van der Waals surface area contributed by atoms with E-state index in [9.17, 15) is 18.0 Å².